The number of hydrogen-bond acceptors (Lipinski definition) is 7. The number of amides is 5. The zero-order valence-electron chi connectivity index (χ0n) is 31.9. The predicted molar refractivity (Wildman–Crippen MR) is 206 cm³/mol. The van der Waals surface area contributed by atoms with Gasteiger partial charge >= 0.3 is 0 Å². The van der Waals surface area contributed by atoms with Gasteiger partial charge in [0.2, 0.25) is 23.6 Å². The van der Waals surface area contributed by atoms with Gasteiger partial charge in [-0.3, -0.25) is 28.9 Å². The molecule has 288 valence electrons. The standard InChI is InChI=1S/C42H54N6O6/c1-29(2)22-36-42(53)46(3)27-38(49)44-33(23-30-12-6-5-7-13-30)28-54-37-15-9-8-14-34(37)40(51)45-35(24-39(50)47(36)4)41(52)43-25-31-16-18-32(19-17-31)26-48-20-10-11-21-48/h5-9,12-19,29,33,35-36H,10-11,20-28H2,1-4H3,(H,43,52)(H,44,49)(H,45,51)/t33-,35+,36+/m1/s1. The van der Waals surface area contributed by atoms with E-state index in [2.05, 4.69) is 33.0 Å². The molecule has 12 nitrogen and oxygen atoms in total. The van der Waals surface area contributed by atoms with Gasteiger partial charge < -0.3 is 30.5 Å². The van der Waals surface area contributed by atoms with Crippen LogP contribution in [0.3, 0.4) is 0 Å². The summed E-state index contributed by atoms with van der Waals surface area (Å²) in [6, 6.07) is 21.7. The Bertz CT molecular complexity index is 1740. The van der Waals surface area contributed by atoms with Crippen LogP contribution in [0.2, 0.25) is 0 Å². The third kappa shape index (κ3) is 11.4. The molecule has 0 unspecified atom stereocenters. The van der Waals surface area contributed by atoms with Crippen molar-refractivity contribution in [3.05, 3.63) is 101 Å². The van der Waals surface area contributed by atoms with Crippen molar-refractivity contribution in [2.75, 3.05) is 40.3 Å². The molecule has 3 aromatic carbocycles. The largest absolute Gasteiger partial charge is 0.491 e. The second kappa shape index (κ2) is 19.2. The van der Waals surface area contributed by atoms with Gasteiger partial charge in [-0.1, -0.05) is 80.6 Å². The molecule has 0 bridgehead atoms. The van der Waals surface area contributed by atoms with Gasteiger partial charge in [0.1, 0.15) is 24.4 Å². The van der Waals surface area contributed by atoms with Crippen LogP contribution in [-0.2, 0) is 38.7 Å². The van der Waals surface area contributed by atoms with Crippen molar-refractivity contribution in [2.24, 2.45) is 5.92 Å². The smallest absolute Gasteiger partial charge is 0.255 e. The number of carbonyl (C=O) groups excluding carboxylic acids is 5. The van der Waals surface area contributed by atoms with E-state index in [9.17, 15) is 24.0 Å². The van der Waals surface area contributed by atoms with E-state index in [0.29, 0.717) is 12.8 Å². The first-order valence-corrected chi connectivity index (χ1v) is 18.9. The third-order valence-electron chi connectivity index (χ3n) is 9.95. The van der Waals surface area contributed by atoms with E-state index in [0.717, 1.165) is 30.8 Å². The van der Waals surface area contributed by atoms with E-state index in [-0.39, 0.29) is 42.8 Å². The second-order valence-electron chi connectivity index (χ2n) is 14.9. The number of nitrogens with one attached hydrogen (secondary N) is 3. The van der Waals surface area contributed by atoms with Gasteiger partial charge in [0, 0.05) is 27.2 Å². The molecule has 0 aromatic heterocycles. The van der Waals surface area contributed by atoms with E-state index in [1.54, 1.807) is 24.3 Å². The molecule has 1 saturated heterocycles. The molecule has 12 heteroatoms. The lowest BCUT2D eigenvalue weighted by Crippen LogP contribution is -2.54. The van der Waals surface area contributed by atoms with Crippen molar-refractivity contribution in [2.45, 2.75) is 77.2 Å². The Balaban J connectivity index is 1.40. The Morgan fingerprint density at radius 1 is 0.852 bits per heavy atom. The van der Waals surface area contributed by atoms with Crippen LogP contribution in [0.4, 0.5) is 0 Å². The first-order chi connectivity index (χ1) is 26.0. The number of carbonyl (C=O) groups is 5. The fraction of sp³-hybridized carbons (Fsp3) is 0.452. The fourth-order valence-corrected chi connectivity index (χ4v) is 6.92. The summed E-state index contributed by atoms with van der Waals surface area (Å²) in [5, 5.41) is 8.70. The van der Waals surface area contributed by atoms with Crippen molar-refractivity contribution in [3.8, 4) is 5.75 Å². The zero-order valence-corrected chi connectivity index (χ0v) is 31.9. The number of ether oxygens (including phenoxy) is 1. The fourth-order valence-electron chi connectivity index (χ4n) is 6.92. The number of likely N-dealkylation sites (N-methyl/N-ethyl adjacent to an activating group) is 2. The van der Waals surface area contributed by atoms with Crippen molar-refractivity contribution in [1.82, 2.24) is 30.7 Å². The minimum Gasteiger partial charge on any atom is -0.491 e. The minimum absolute atomic E-state index is 0.0283. The van der Waals surface area contributed by atoms with E-state index in [1.807, 2.05) is 56.3 Å². The van der Waals surface area contributed by atoms with Crippen LogP contribution in [0.5, 0.6) is 5.75 Å². The molecule has 3 aromatic rings. The predicted octanol–water partition coefficient (Wildman–Crippen LogP) is 3.54. The zero-order chi connectivity index (χ0) is 38.6. The molecule has 0 aliphatic carbocycles. The van der Waals surface area contributed by atoms with Gasteiger partial charge in [-0.25, -0.2) is 0 Å². The number of benzene rings is 3. The lowest BCUT2D eigenvalue weighted by Gasteiger charge is -2.32. The molecular formula is C42H54N6O6. The molecule has 0 spiro atoms. The highest BCUT2D eigenvalue weighted by atomic mass is 16.5. The van der Waals surface area contributed by atoms with Gasteiger partial charge in [-0.15, -0.1) is 0 Å². The maximum Gasteiger partial charge on any atom is 0.255 e. The van der Waals surface area contributed by atoms with Gasteiger partial charge in [-0.05, 0) is 73.5 Å². The minimum atomic E-state index is -1.26. The van der Waals surface area contributed by atoms with Crippen LogP contribution in [0.1, 0.15) is 66.6 Å². The van der Waals surface area contributed by atoms with Crippen LogP contribution >= 0.6 is 0 Å². The summed E-state index contributed by atoms with van der Waals surface area (Å²) in [7, 11) is 3.06. The summed E-state index contributed by atoms with van der Waals surface area (Å²) >= 11 is 0. The summed E-state index contributed by atoms with van der Waals surface area (Å²) in [5.41, 5.74) is 3.22. The topological polar surface area (TPSA) is 140 Å². The van der Waals surface area contributed by atoms with E-state index in [1.165, 1.54) is 42.3 Å². The summed E-state index contributed by atoms with van der Waals surface area (Å²) in [6.45, 7) is 6.97. The molecule has 54 heavy (non-hydrogen) atoms. The monoisotopic (exact) mass is 738 g/mol. The maximum absolute atomic E-state index is 13.9. The maximum atomic E-state index is 13.9. The molecular weight excluding hydrogens is 684 g/mol. The first-order valence-electron chi connectivity index (χ1n) is 18.9. The normalized spacial score (nSPS) is 20.9. The van der Waals surface area contributed by atoms with Crippen molar-refractivity contribution in [3.63, 3.8) is 0 Å². The highest BCUT2D eigenvalue weighted by Crippen LogP contribution is 2.21. The summed E-state index contributed by atoms with van der Waals surface area (Å²) in [4.78, 5) is 74.0. The molecule has 0 saturated carbocycles. The number of para-hydroxylation sites is 1. The first kappa shape index (κ1) is 40.0. The summed E-state index contributed by atoms with van der Waals surface area (Å²) in [6.07, 6.45) is 2.82. The highest BCUT2D eigenvalue weighted by Gasteiger charge is 2.34. The van der Waals surface area contributed by atoms with Crippen molar-refractivity contribution < 1.29 is 28.7 Å². The highest BCUT2D eigenvalue weighted by molar-refractivity contribution is 6.01. The Labute approximate surface area is 318 Å². The van der Waals surface area contributed by atoms with Crippen LogP contribution in [-0.4, -0.2) is 103 Å². The molecule has 1 fully saturated rings. The van der Waals surface area contributed by atoms with Gasteiger partial charge in [0.25, 0.3) is 5.91 Å². The van der Waals surface area contributed by atoms with Crippen molar-refractivity contribution >= 4 is 29.5 Å². The molecule has 5 amide bonds. The van der Waals surface area contributed by atoms with E-state index >= 15 is 0 Å². The van der Waals surface area contributed by atoms with Crippen LogP contribution in [0.25, 0.3) is 0 Å². The molecule has 5 rings (SSSR count). The lowest BCUT2D eigenvalue weighted by atomic mass is 10.0. The number of nitrogens with zero attached hydrogens (tertiary/aromatic N) is 3. The van der Waals surface area contributed by atoms with E-state index in [4.69, 9.17) is 4.74 Å². The number of fused-ring (bicyclic) bond motifs is 1. The Morgan fingerprint density at radius 3 is 2.22 bits per heavy atom. The van der Waals surface area contributed by atoms with Gasteiger partial charge in [-0.2, -0.15) is 0 Å². The quantitative estimate of drug-likeness (QED) is 0.305. The summed E-state index contributed by atoms with van der Waals surface area (Å²) < 4.78 is 6.18. The third-order valence-corrected chi connectivity index (χ3v) is 9.95. The Morgan fingerprint density at radius 2 is 1.52 bits per heavy atom. The van der Waals surface area contributed by atoms with Gasteiger partial charge in [0.15, 0.2) is 0 Å². The van der Waals surface area contributed by atoms with Crippen LogP contribution in [0, 0.1) is 5.92 Å². The van der Waals surface area contributed by atoms with Crippen molar-refractivity contribution in [1.29, 1.82) is 0 Å². The lowest BCUT2D eigenvalue weighted by molar-refractivity contribution is -0.146. The number of rotatable bonds is 9. The molecule has 2 heterocycles. The molecule has 3 atom stereocenters. The average molecular weight is 739 g/mol. The average Bonchev–Trinajstić information content (AvgIpc) is 3.67. The van der Waals surface area contributed by atoms with Crippen LogP contribution in [0.15, 0.2) is 78.9 Å². The molecule has 3 N–H and O–H groups in total. The van der Waals surface area contributed by atoms with Gasteiger partial charge in [0.05, 0.1) is 24.6 Å². The Hall–Kier alpha value is -5.23. The van der Waals surface area contributed by atoms with Crippen LogP contribution < -0.4 is 20.7 Å². The Kier molecular flexibility index (Phi) is 14.2. The van der Waals surface area contributed by atoms with E-state index < -0.39 is 48.2 Å². The molecule has 2 aliphatic rings. The second-order valence-corrected chi connectivity index (χ2v) is 14.9. The summed E-state index contributed by atoms with van der Waals surface area (Å²) in [5.74, 6) is -2.14. The molecule has 0 radical (unpaired) electrons. The number of likely N-dealkylation sites (tertiary alicyclic amines) is 1. The molecule has 2 aliphatic heterocycles. The SMILES string of the molecule is CC(C)C[C@H]1C(=O)N(C)CC(=O)N[C@H](Cc2ccccc2)COc2ccccc2C(=O)N[C@H](C(=O)NCc2ccc(CN3CCCC3)cc2)CC(=O)N1C. The number of hydrogen-bond donors (Lipinski definition) is 3.